The summed E-state index contributed by atoms with van der Waals surface area (Å²) in [5, 5.41) is 5.31. The zero-order valence-corrected chi connectivity index (χ0v) is 9.08. The van der Waals surface area contributed by atoms with E-state index in [2.05, 4.69) is 6.07 Å². The lowest BCUT2D eigenvalue weighted by Crippen LogP contribution is -1.76. The molecule has 0 fully saturated rings. The van der Waals surface area contributed by atoms with E-state index in [-0.39, 0.29) is 0 Å². The van der Waals surface area contributed by atoms with Crippen molar-refractivity contribution >= 4 is 44.3 Å². The molecular formula is C14H7ClO. The van der Waals surface area contributed by atoms with Crippen LogP contribution in [0.1, 0.15) is 0 Å². The molecule has 16 heavy (non-hydrogen) atoms. The van der Waals surface area contributed by atoms with Crippen LogP contribution in [-0.4, -0.2) is 0 Å². The summed E-state index contributed by atoms with van der Waals surface area (Å²) in [4.78, 5) is 0. The first-order valence-corrected chi connectivity index (χ1v) is 5.54. The second-order valence-electron chi connectivity index (χ2n) is 3.99. The summed E-state index contributed by atoms with van der Waals surface area (Å²) in [5.74, 6) is 0. The van der Waals surface area contributed by atoms with E-state index >= 15 is 0 Å². The van der Waals surface area contributed by atoms with Gasteiger partial charge in [0, 0.05) is 21.2 Å². The van der Waals surface area contributed by atoms with Crippen molar-refractivity contribution < 1.29 is 4.42 Å². The fourth-order valence-electron chi connectivity index (χ4n) is 2.43. The maximum absolute atomic E-state index is 6.28. The van der Waals surface area contributed by atoms with Crippen molar-refractivity contribution in [3.05, 3.63) is 47.5 Å². The molecule has 1 heterocycles. The van der Waals surface area contributed by atoms with E-state index < -0.39 is 0 Å². The summed E-state index contributed by atoms with van der Waals surface area (Å²) in [7, 11) is 0. The quantitative estimate of drug-likeness (QED) is 0.392. The lowest BCUT2D eigenvalue weighted by atomic mass is 10.0. The Balaban J connectivity index is 2.53. The molecule has 0 bridgehead atoms. The molecule has 0 spiro atoms. The van der Waals surface area contributed by atoms with E-state index in [1.807, 2.05) is 36.4 Å². The average molecular weight is 227 g/mol. The highest BCUT2D eigenvalue weighted by Crippen LogP contribution is 2.39. The van der Waals surface area contributed by atoms with Gasteiger partial charge >= 0.3 is 0 Å². The van der Waals surface area contributed by atoms with Crippen LogP contribution in [-0.2, 0) is 0 Å². The van der Waals surface area contributed by atoms with Gasteiger partial charge in [0.25, 0.3) is 0 Å². The second-order valence-corrected chi connectivity index (χ2v) is 4.40. The Kier molecular flexibility index (Phi) is 1.41. The van der Waals surface area contributed by atoms with Gasteiger partial charge in [-0.15, -0.1) is 0 Å². The maximum Gasteiger partial charge on any atom is 0.136 e. The Hall–Kier alpha value is -1.73. The van der Waals surface area contributed by atoms with E-state index in [9.17, 15) is 0 Å². The third kappa shape index (κ3) is 0.872. The Bertz CT molecular complexity index is 813. The summed E-state index contributed by atoms with van der Waals surface area (Å²) < 4.78 is 5.81. The van der Waals surface area contributed by atoms with Crippen molar-refractivity contribution in [1.29, 1.82) is 0 Å². The molecule has 0 aliphatic rings. The first-order valence-electron chi connectivity index (χ1n) is 5.16. The molecule has 4 aromatic rings. The molecule has 0 saturated heterocycles. The van der Waals surface area contributed by atoms with Crippen LogP contribution in [0.15, 0.2) is 46.9 Å². The minimum Gasteiger partial charge on any atom is -0.456 e. The molecule has 0 amide bonds. The van der Waals surface area contributed by atoms with Gasteiger partial charge in [-0.1, -0.05) is 35.9 Å². The highest BCUT2D eigenvalue weighted by atomic mass is 35.5. The molecule has 2 heteroatoms. The molecule has 0 N–H and O–H groups in total. The highest BCUT2D eigenvalue weighted by molar-refractivity contribution is 6.39. The number of benzene rings is 3. The molecule has 0 aliphatic carbocycles. The molecule has 0 unspecified atom stereocenters. The van der Waals surface area contributed by atoms with E-state index in [4.69, 9.17) is 16.0 Å². The fraction of sp³-hybridized carbons (Fsp3) is 0. The van der Waals surface area contributed by atoms with E-state index in [1.165, 1.54) is 5.39 Å². The topological polar surface area (TPSA) is 13.1 Å². The first-order chi connectivity index (χ1) is 7.84. The van der Waals surface area contributed by atoms with Crippen LogP contribution in [0.5, 0.6) is 0 Å². The minimum absolute atomic E-state index is 0.784. The first kappa shape index (κ1) is 8.43. The number of hydrogen-bond acceptors (Lipinski definition) is 1. The van der Waals surface area contributed by atoms with Crippen LogP contribution in [0.4, 0.5) is 0 Å². The largest absolute Gasteiger partial charge is 0.456 e. The van der Waals surface area contributed by atoms with Crippen LogP contribution >= 0.6 is 11.6 Å². The average Bonchev–Trinajstić information content (AvgIpc) is 2.67. The van der Waals surface area contributed by atoms with Gasteiger partial charge in [-0.3, -0.25) is 0 Å². The lowest BCUT2D eigenvalue weighted by Gasteiger charge is -2.02. The van der Waals surface area contributed by atoms with Gasteiger partial charge in [-0.25, -0.2) is 0 Å². The standard InChI is InChI=1S/C14H7ClO/c15-10-7-8-3-1-5-11-13(8)14-9(10)4-2-6-12(14)16-11/h1-7H. The molecular weight excluding hydrogens is 220 g/mol. The summed E-state index contributed by atoms with van der Waals surface area (Å²) in [6, 6.07) is 14.0. The number of hydrogen-bond donors (Lipinski definition) is 0. The van der Waals surface area contributed by atoms with Crippen molar-refractivity contribution in [2.24, 2.45) is 0 Å². The SMILES string of the molecule is Clc1cc2cccc3oc4cccc1c4c23. The van der Waals surface area contributed by atoms with Gasteiger partial charge < -0.3 is 4.42 Å². The molecule has 0 radical (unpaired) electrons. The highest BCUT2D eigenvalue weighted by Gasteiger charge is 2.13. The van der Waals surface area contributed by atoms with Gasteiger partial charge in [0.2, 0.25) is 0 Å². The smallest absolute Gasteiger partial charge is 0.136 e. The molecule has 0 atom stereocenters. The van der Waals surface area contributed by atoms with E-state index in [0.29, 0.717) is 0 Å². The summed E-state index contributed by atoms with van der Waals surface area (Å²) in [5.41, 5.74) is 1.84. The Morgan fingerprint density at radius 2 is 1.62 bits per heavy atom. The van der Waals surface area contributed by atoms with Gasteiger partial charge in [0.05, 0.1) is 0 Å². The van der Waals surface area contributed by atoms with Crippen LogP contribution in [0.2, 0.25) is 5.02 Å². The number of furan rings is 1. The summed E-state index contributed by atoms with van der Waals surface area (Å²) >= 11 is 6.28. The maximum atomic E-state index is 6.28. The van der Waals surface area contributed by atoms with E-state index in [0.717, 1.165) is 32.3 Å². The lowest BCUT2D eigenvalue weighted by molar-refractivity contribution is 0.669. The van der Waals surface area contributed by atoms with Crippen LogP contribution in [0.3, 0.4) is 0 Å². The third-order valence-electron chi connectivity index (χ3n) is 3.09. The molecule has 4 rings (SSSR count). The zero-order chi connectivity index (χ0) is 10.7. The van der Waals surface area contributed by atoms with Crippen LogP contribution in [0, 0.1) is 0 Å². The minimum atomic E-state index is 0.784. The van der Waals surface area contributed by atoms with Crippen molar-refractivity contribution in [2.45, 2.75) is 0 Å². The van der Waals surface area contributed by atoms with Gasteiger partial charge in [0.15, 0.2) is 0 Å². The molecule has 0 saturated carbocycles. The predicted molar refractivity (Wildman–Crippen MR) is 67.4 cm³/mol. The monoisotopic (exact) mass is 226 g/mol. The van der Waals surface area contributed by atoms with Crippen molar-refractivity contribution in [1.82, 2.24) is 0 Å². The number of rotatable bonds is 0. The Morgan fingerprint density at radius 1 is 0.875 bits per heavy atom. The second kappa shape index (κ2) is 2.69. The molecule has 1 nitrogen and oxygen atoms in total. The summed E-state index contributed by atoms with van der Waals surface area (Å²) in [6.07, 6.45) is 0. The van der Waals surface area contributed by atoms with E-state index in [1.54, 1.807) is 0 Å². The van der Waals surface area contributed by atoms with Crippen molar-refractivity contribution in [2.75, 3.05) is 0 Å². The van der Waals surface area contributed by atoms with Crippen LogP contribution in [0.25, 0.3) is 32.7 Å². The molecule has 0 aliphatic heterocycles. The Labute approximate surface area is 96.6 Å². The van der Waals surface area contributed by atoms with Gasteiger partial charge in [0.1, 0.15) is 11.2 Å². The predicted octanol–water partition coefficient (Wildman–Crippen LogP) is 4.83. The Morgan fingerprint density at radius 3 is 2.50 bits per heavy atom. The summed E-state index contributed by atoms with van der Waals surface area (Å²) in [6.45, 7) is 0. The van der Waals surface area contributed by atoms with Gasteiger partial charge in [-0.2, -0.15) is 0 Å². The third-order valence-corrected chi connectivity index (χ3v) is 3.41. The normalized spacial score (nSPS) is 12.1. The molecule has 3 aromatic carbocycles. The zero-order valence-electron chi connectivity index (χ0n) is 8.33. The molecule has 76 valence electrons. The number of halogens is 1. The van der Waals surface area contributed by atoms with Crippen molar-refractivity contribution in [3.8, 4) is 0 Å². The van der Waals surface area contributed by atoms with Crippen LogP contribution < -0.4 is 0 Å². The fourth-order valence-corrected chi connectivity index (χ4v) is 2.70. The molecule has 1 aromatic heterocycles. The van der Waals surface area contributed by atoms with Gasteiger partial charge in [-0.05, 0) is 23.6 Å². The van der Waals surface area contributed by atoms with Crippen molar-refractivity contribution in [3.63, 3.8) is 0 Å².